The molecule has 3 aromatic heterocycles. The minimum Gasteiger partial charge on any atom is -0.338 e. The fourth-order valence-electron chi connectivity index (χ4n) is 5.66. The van der Waals surface area contributed by atoms with Gasteiger partial charge in [0.25, 0.3) is 0 Å². The van der Waals surface area contributed by atoms with E-state index in [2.05, 4.69) is 22.7 Å². The Morgan fingerprint density at radius 2 is 1.94 bits per heavy atom. The van der Waals surface area contributed by atoms with E-state index in [0.29, 0.717) is 12.5 Å². The fourth-order valence-corrected chi connectivity index (χ4v) is 5.66. The number of fused-ring (bicyclic) bond motifs is 2. The Kier molecular flexibility index (Phi) is 4.32. The van der Waals surface area contributed by atoms with Crippen LogP contribution >= 0.6 is 0 Å². The first-order valence-electron chi connectivity index (χ1n) is 11.8. The van der Waals surface area contributed by atoms with Crippen LogP contribution in [-0.4, -0.2) is 42.2 Å². The van der Waals surface area contributed by atoms with Crippen molar-refractivity contribution >= 4 is 5.91 Å². The lowest BCUT2D eigenvalue weighted by Crippen LogP contribution is -2.39. The van der Waals surface area contributed by atoms with Gasteiger partial charge >= 0.3 is 0 Å². The molecule has 0 bridgehead atoms. The van der Waals surface area contributed by atoms with Gasteiger partial charge in [0.05, 0.1) is 29.8 Å². The minimum atomic E-state index is -0.170. The number of carbonyl (C=O) groups excluding carboxylic acids is 1. The van der Waals surface area contributed by atoms with Crippen molar-refractivity contribution in [2.75, 3.05) is 7.05 Å². The summed E-state index contributed by atoms with van der Waals surface area (Å²) in [5.41, 5.74) is 8.19. The molecule has 1 aliphatic heterocycles. The third-order valence-electron chi connectivity index (χ3n) is 7.43. The highest BCUT2D eigenvalue weighted by atomic mass is 16.2. The Morgan fingerprint density at radius 1 is 1.12 bits per heavy atom. The lowest BCUT2D eigenvalue weighted by Gasteiger charge is -2.32. The normalized spacial score (nSPS) is 22.8. The Labute approximate surface area is 188 Å². The van der Waals surface area contributed by atoms with Gasteiger partial charge in [0.1, 0.15) is 11.9 Å². The van der Waals surface area contributed by atoms with Crippen molar-refractivity contribution in [3.8, 4) is 11.3 Å². The monoisotopic (exact) mass is 430 g/mol. The van der Waals surface area contributed by atoms with Crippen molar-refractivity contribution in [2.24, 2.45) is 7.05 Å². The first-order chi connectivity index (χ1) is 15.4. The number of amides is 1. The third-order valence-corrected chi connectivity index (χ3v) is 7.43. The van der Waals surface area contributed by atoms with Crippen molar-refractivity contribution < 1.29 is 4.79 Å². The van der Waals surface area contributed by atoms with E-state index in [1.165, 1.54) is 41.1 Å². The topological polar surface area (TPSA) is 68.8 Å². The van der Waals surface area contributed by atoms with Gasteiger partial charge in [-0.05, 0) is 57.1 Å². The number of carbonyl (C=O) groups is 1. The molecule has 2 atom stereocenters. The zero-order valence-corrected chi connectivity index (χ0v) is 19.3. The zero-order valence-electron chi connectivity index (χ0n) is 19.3. The smallest absolute Gasteiger partial charge is 0.245 e. The second kappa shape index (κ2) is 7.02. The van der Waals surface area contributed by atoms with E-state index in [-0.39, 0.29) is 17.9 Å². The number of nitrogens with zero attached hydrogens (tertiary/aromatic N) is 6. The van der Waals surface area contributed by atoms with Crippen LogP contribution in [0.25, 0.3) is 11.3 Å². The molecule has 0 spiro atoms. The van der Waals surface area contributed by atoms with E-state index < -0.39 is 0 Å². The predicted molar refractivity (Wildman–Crippen MR) is 121 cm³/mol. The van der Waals surface area contributed by atoms with Gasteiger partial charge < -0.3 is 9.47 Å². The Balaban J connectivity index is 1.48. The van der Waals surface area contributed by atoms with Crippen LogP contribution in [0.1, 0.15) is 84.5 Å². The molecule has 3 aromatic rings. The molecule has 1 saturated carbocycles. The highest BCUT2D eigenvalue weighted by Gasteiger charge is 2.40. The van der Waals surface area contributed by atoms with Crippen LogP contribution in [0.3, 0.4) is 0 Å². The van der Waals surface area contributed by atoms with Gasteiger partial charge in [-0.3, -0.25) is 14.5 Å². The van der Waals surface area contributed by atoms with E-state index in [0.717, 1.165) is 36.3 Å². The molecule has 32 heavy (non-hydrogen) atoms. The molecule has 1 amide bonds. The number of aryl methyl sites for hydroxylation is 3. The number of imidazole rings is 1. The molecule has 6 rings (SSSR count). The van der Waals surface area contributed by atoms with E-state index in [1.807, 2.05) is 43.0 Å². The van der Waals surface area contributed by atoms with Gasteiger partial charge in [-0.15, -0.1) is 0 Å². The average Bonchev–Trinajstić information content (AvgIpc) is 3.42. The molecule has 2 aliphatic carbocycles. The van der Waals surface area contributed by atoms with E-state index >= 15 is 0 Å². The van der Waals surface area contributed by atoms with Gasteiger partial charge in [0.2, 0.25) is 5.91 Å². The number of rotatable bonds is 3. The SMILES string of the molecule is Cc1cc2c(nc1-c1cnn(C)c1)CCCC2c1nc(C2CC2)n2c1CN(C)C(=O)C2C. The third kappa shape index (κ3) is 2.93. The quantitative estimate of drug-likeness (QED) is 0.633. The summed E-state index contributed by atoms with van der Waals surface area (Å²) >= 11 is 0. The van der Waals surface area contributed by atoms with Crippen molar-refractivity contribution in [3.63, 3.8) is 0 Å². The number of likely N-dealkylation sites (N-methyl/N-ethyl adjacent to an activating group) is 1. The van der Waals surface area contributed by atoms with E-state index in [9.17, 15) is 4.79 Å². The first-order valence-corrected chi connectivity index (χ1v) is 11.8. The summed E-state index contributed by atoms with van der Waals surface area (Å²) in [7, 11) is 3.85. The summed E-state index contributed by atoms with van der Waals surface area (Å²) in [6, 6.07) is 2.16. The summed E-state index contributed by atoms with van der Waals surface area (Å²) in [6.07, 6.45) is 9.48. The molecular formula is C25H30N6O. The van der Waals surface area contributed by atoms with E-state index in [1.54, 1.807) is 0 Å². The van der Waals surface area contributed by atoms with E-state index in [4.69, 9.17) is 9.97 Å². The molecule has 7 nitrogen and oxygen atoms in total. The number of hydrogen-bond donors (Lipinski definition) is 0. The van der Waals surface area contributed by atoms with Crippen LogP contribution in [0.5, 0.6) is 0 Å². The average molecular weight is 431 g/mol. The maximum Gasteiger partial charge on any atom is 0.245 e. The molecule has 3 aliphatic rings. The van der Waals surface area contributed by atoms with Gasteiger partial charge in [-0.2, -0.15) is 5.10 Å². The Bertz CT molecular complexity index is 1230. The summed E-state index contributed by atoms with van der Waals surface area (Å²) in [5, 5.41) is 4.33. The summed E-state index contributed by atoms with van der Waals surface area (Å²) in [5.74, 6) is 2.08. The molecule has 0 saturated heterocycles. The van der Waals surface area contributed by atoms with Crippen LogP contribution in [0.2, 0.25) is 0 Å². The Morgan fingerprint density at radius 3 is 2.66 bits per heavy atom. The largest absolute Gasteiger partial charge is 0.338 e. The number of pyridine rings is 1. The van der Waals surface area contributed by atoms with Crippen LogP contribution < -0.4 is 0 Å². The van der Waals surface area contributed by atoms with Crippen molar-refractivity contribution in [2.45, 2.75) is 70.4 Å². The molecule has 4 heterocycles. The maximum absolute atomic E-state index is 12.7. The van der Waals surface area contributed by atoms with Crippen LogP contribution in [0.15, 0.2) is 18.5 Å². The molecule has 7 heteroatoms. The van der Waals surface area contributed by atoms with Crippen molar-refractivity contribution in [1.82, 2.24) is 29.2 Å². The molecule has 1 fully saturated rings. The minimum absolute atomic E-state index is 0.170. The van der Waals surface area contributed by atoms with Crippen LogP contribution in [0.4, 0.5) is 0 Å². The van der Waals surface area contributed by atoms with Crippen molar-refractivity contribution in [1.29, 1.82) is 0 Å². The van der Waals surface area contributed by atoms with Crippen LogP contribution in [-0.2, 0) is 24.8 Å². The van der Waals surface area contributed by atoms with Gasteiger partial charge in [-0.25, -0.2) is 4.98 Å². The second-order valence-corrected chi connectivity index (χ2v) is 9.85. The zero-order chi connectivity index (χ0) is 22.1. The number of aromatic nitrogens is 5. The van der Waals surface area contributed by atoms with Gasteiger partial charge in [-0.1, -0.05) is 6.07 Å². The fraction of sp³-hybridized carbons (Fsp3) is 0.520. The van der Waals surface area contributed by atoms with Crippen LogP contribution in [0, 0.1) is 6.92 Å². The standard InChI is InChI=1S/C25H30N6O/c1-14-10-19-18(6-5-7-20(19)27-22(14)17-11-26-30(4)12-17)23-21-13-29(3)25(32)15(2)31(21)24(28-23)16-8-9-16/h10-12,15-16,18H,5-9,13H2,1-4H3. The lowest BCUT2D eigenvalue weighted by molar-refractivity contribution is -0.135. The summed E-state index contributed by atoms with van der Waals surface area (Å²) < 4.78 is 4.10. The molecule has 0 radical (unpaired) electrons. The first kappa shape index (κ1) is 19.7. The highest BCUT2D eigenvalue weighted by Crippen LogP contribution is 2.46. The van der Waals surface area contributed by atoms with Gasteiger partial charge in [0, 0.05) is 43.4 Å². The summed E-state index contributed by atoms with van der Waals surface area (Å²) in [6.45, 7) is 4.82. The van der Waals surface area contributed by atoms with Gasteiger partial charge in [0.15, 0.2) is 0 Å². The number of hydrogen-bond acceptors (Lipinski definition) is 4. The molecule has 166 valence electrons. The summed E-state index contributed by atoms with van der Waals surface area (Å²) in [4.78, 5) is 25.0. The molecule has 2 unspecified atom stereocenters. The predicted octanol–water partition coefficient (Wildman–Crippen LogP) is 3.87. The second-order valence-electron chi connectivity index (χ2n) is 9.85. The molecule has 0 N–H and O–H groups in total. The maximum atomic E-state index is 12.7. The van der Waals surface area contributed by atoms with Crippen molar-refractivity contribution in [3.05, 3.63) is 52.5 Å². The molecular weight excluding hydrogens is 400 g/mol. The molecule has 0 aromatic carbocycles. The Hall–Kier alpha value is -2.96. The lowest BCUT2D eigenvalue weighted by atomic mass is 9.81. The highest BCUT2D eigenvalue weighted by molar-refractivity contribution is 5.81.